The van der Waals surface area contributed by atoms with Crippen LogP contribution >= 0.6 is 27.5 Å². The summed E-state index contributed by atoms with van der Waals surface area (Å²) in [7, 11) is 0. The molecule has 6 heteroatoms. The summed E-state index contributed by atoms with van der Waals surface area (Å²) in [4.78, 5) is 12.7. The van der Waals surface area contributed by atoms with E-state index in [1.807, 2.05) is 74.5 Å². The maximum absolute atomic E-state index is 12.7. The molecule has 32 heavy (non-hydrogen) atoms. The van der Waals surface area contributed by atoms with Crippen molar-refractivity contribution in [2.75, 3.05) is 11.9 Å². The molecule has 4 nitrogen and oxygen atoms in total. The van der Waals surface area contributed by atoms with E-state index in [-0.39, 0.29) is 5.57 Å². The molecule has 3 aromatic carbocycles. The zero-order valence-corrected chi connectivity index (χ0v) is 20.1. The number of amides is 1. The molecule has 0 saturated carbocycles. The summed E-state index contributed by atoms with van der Waals surface area (Å²) in [6.07, 6.45) is 2.14. The highest BCUT2D eigenvalue weighted by atomic mass is 79.9. The second kappa shape index (κ2) is 11.0. The fourth-order valence-electron chi connectivity index (χ4n) is 3.22. The first kappa shape index (κ1) is 23.6. The van der Waals surface area contributed by atoms with Crippen LogP contribution in [0.5, 0.6) is 5.75 Å². The number of nitrogens with one attached hydrogen (secondary N) is 1. The van der Waals surface area contributed by atoms with E-state index in [4.69, 9.17) is 16.3 Å². The number of carbonyl (C=O) groups is 1. The standard InChI is InChI=1S/C26H22BrClN2O2/c1-3-32-25-14-18(13-22(27)21(25)15-19-9-5-6-10-23(19)28)12-20(16-29)26(31)30-24-11-7-4-8-17(24)2/h4-14H,3,15H2,1-2H3,(H,30,31)/b20-12+. The molecule has 0 fully saturated rings. The van der Waals surface area contributed by atoms with E-state index in [1.165, 1.54) is 0 Å². The van der Waals surface area contributed by atoms with Crippen molar-refractivity contribution in [2.24, 2.45) is 0 Å². The Morgan fingerprint density at radius 2 is 1.91 bits per heavy atom. The van der Waals surface area contributed by atoms with Crippen molar-refractivity contribution in [1.29, 1.82) is 5.26 Å². The highest BCUT2D eigenvalue weighted by Gasteiger charge is 2.15. The summed E-state index contributed by atoms with van der Waals surface area (Å²) < 4.78 is 6.68. The van der Waals surface area contributed by atoms with Crippen molar-refractivity contribution in [3.05, 3.63) is 98.0 Å². The van der Waals surface area contributed by atoms with Crippen LogP contribution in [0.3, 0.4) is 0 Å². The molecule has 0 aliphatic heterocycles. The second-order valence-electron chi connectivity index (χ2n) is 7.12. The number of nitriles is 1. The third-order valence-corrected chi connectivity index (χ3v) is 5.95. The van der Waals surface area contributed by atoms with Crippen LogP contribution in [0.1, 0.15) is 29.2 Å². The summed E-state index contributed by atoms with van der Waals surface area (Å²) >= 11 is 9.97. The third kappa shape index (κ3) is 5.79. The van der Waals surface area contributed by atoms with Crippen LogP contribution in [0.4, 0.5) is 5.69 Å². The van der Waals surface area contributed by atoms with Crippen molar-refractivity contribution in [3.63, 3.8) is 0 Å². The Balaban J connectivity index is 1.93. The zero-order chi connectivity index (χ0) is 23.1. The molecule has 0 saturated heterocycles. The normalized spacial score (nSPS) is 11.0. The zero-order valence-electron chi connectivity index (χ0n) is 17.8. The van der Waals surface area contributed by atoms with Gasteiger partial charge >= 0.3 is 0 Å². The van der Waals surface area contributed by atoms with Crippen LogP contribution < -0.4 is 10.1 Å². The van der Waals surface area contributed by atoms with Gasteiger partial charge in [0, 0.05) is 27.2 Å². The van der Waals surface area contributed by atoms with Crippen LogP contribution in [-0.2, 0) is 11.2 Å². The van der Waals surface area contributed by atoms with E-state index in [0.29, 0.717) is 35.1 Å². The molecular weight excluding hydrogens is 488 g/mol. The highest BCUT2D eigenvalue weighted by Crippen LogP contribution is 2.33. The molecule has 3 aromatic rings. The first-order chi connectivity index (χ1) is 15.4. The Bertz CT molecular complexity index is 1210. The van der Waals surface area contributed by atoms with Crippen LogP contribution in [0.15, 0.2) is 70.7 Å². The largest absolute Gasteiger partial charge is 0.494 e. The van der Waals surface area contributed by atoms with Gasteiger partial charge in [-0.2, -0.15) is 5.26 Å². The highest BCUT2D eigenvalue weighted by molar-refractivity contribution is 9.10. The summed E-state index contributed by atoms with van der Waals surface area (Å²) in [5.74, 6) is 0.209. The fraction of sp³-hybridized carbons (Fsp3) is 0.154. The molecular formula is C26H22BrClN2O2. The molecule has 3 rings (SSSR count). The van der Waals surface area contributed by atoms with E-state index >= 15 is 0 Å². The molecule has 0 heterocycles. The predicted molar refractivity (Wildman–Crippen MR) is 133 cm³/mol. The van der Waals surface area contributed by atoms with Crippen LogP contribution in [0.2, 0.25) is 5.02 Å². The average Bonchev–Trinajstić information content (AvgIpc) is 2.77. The van der Waals surface area contributed by atoms with E-state index in [1.54, 1.807) is 12.1 Å². The van der Waals surface area contributed by atoms with Gasteiger partial charge in [-0.05, 0) is 60.9 Å². The van der Waals surface area contributed by atoms with Crippen molar-refractivity contribution in [1.82, 2.24) is 0 Å². The number of benzene rings is 3. The number of ether oxygens (including phenoxy) is 1. The Kier molecular flexibility index (Phi) is 8.10. The van der Waals surface area contributed by atoms with Crippen LogP contribution in [0.25, 0.3) is 6.08 Å². The minimum absolute atomic E-state index is 0.00135. The lowest BCUT2D eigenvalue weighted by Gasteiger charge is -2.15. The molecule has 0 bridgehead atoms. The molecule has 0 aliphatic carbocycles. The first-order valence-electron chi connectivity index (χ1n) is 10.1. The van der Waals surface area contributed by atoms with E-state index < -0.39 is 5.91 Å². The van der Waals surface area contributed by atoms with Gasteiger partial charge in [-0.1, -0.05) is 63.9 Å². The van der Waals surface area contributed by atoms with Gasteiger partial charge in [-0.25, -0.2) is 0 Å². The fourth-order valence-corrected chi connectivity index (χ4v) is 4.02. The van der Waals surface area contributed by atoms with Gasteiger partial charge in [0.25, 0.3) is 5.91 Å². The Morgan fingerprint density at radius 1 is 1.19 bits per heavy atom. The molecule has 0 aromatic heterocycles. The van der Waals surface area contributed by atoms with E-state index in [0.717, 1.165) is 21.2 Å². The van der Waals surface area contributed by atoms with Crippen LogP contribution in [0, 0.1) is 18.3 Å². The summed E-state index contributed by atoms with van der Waals surface area (Å²) in [6.45, 7) is 4.29. The van der Waals surface area contributed by atoms with Gasteiger partial charge in [0.2, 0.25) is 0 Å². The van der Waals surface area contributed by atoms with Gasteiger partial charge in [-0.15, -0.1) is 0 Å². The minimum atomic E-state index is -0.462. The number of carbonyl (C=O) groups excluding carboxylic acids is 1. The lowest BCUT2D eigenvalue weighted by Crippen LogP contribution is -2.14. The lowest BCUT2D eigenvalue weighted by atomic mass is 10.0. The van der Waals surface area contributed by atoms with Crippen molar-refractivity contribution < 1.29 is 9.53 Å². The number of aryl methyl sites for hydroxylation is 1. The Morgan fingerprint density at radius 3 is 2.59 bits per heavy atom. The van der Waals surface area contributed by atoms with Crippen molar-refractivity contribution in [2.45, 2.75) is 20.3 Å². The van der Waals surface area contributed by atoms with E-state index in [2.05, 4.69) is 21.2 Å². The number of halogens is 2. The molecule has 0 unspecified atom stereocenters. The summed E-state index contributed by atoms with van der Waals surface area (Å²) in [5, 5.41) is 13.1. The van der Waals surface area contributed by atoms with Gasteiger partial charge in [0.05, 0.1) is 6.61 Å². The van der Waals surface area contributed by atoms with Gasteiger partial charge in [-0.3, -0.25) is 4.79 Å². The molecule has 0 atom stereocenters. The maximum Gasteiger partial charge on any atom is 0.266 e. The summed E-state index contributed by atoms with van der Waals surface area (Å²) in [6, 6.07) is 20.8. The molecule has 0 radical (unpaired) electrons. The molecule has 0 spiro atoms. The third-order valence-electron chi connectivity index (χ3n) is 4.87. The van der Waals surface area contributed by atoms with Gasteiger partial charge in [0.15, 0.2) is 0 Å². The average molecular weight is 510 g/mol. The van der Waals surface area contributed by atoms with Crippen LogP contribution in [-0.4, -0.2) is 12.5 Å². The van der Waals surface area contributed by atoms with Crippen molar-refractivity contribution >= 4 is 45.2 Å². The molecule has 1 amide bonds. The van der Waals surface area contributed by atoms with Gasteiger partial charge < -0.3 is 10.1 Å². The lowest BCUT2D eigenvalue weighted by molar-refractivity contribution is -0.112. The second-order valence-corrected chi connectivity index (χ2v) is 8.38. The SMILES string of the molecule is CCOc1cc(/C=C(\C#N)C(=O)Nc2ccccc2C)cc(Br)c1Cc1ccccc1Cl. The molecule has 0 aliphatic rings. The maximum atomic E-state index is 12.7. The quantitative estimate of drug-likeness (QED) is 0.277. The summed E-state index contributed by atoms with van der Waals surface area (Å²) in [5.41, 5.74) is 4.20. The number of rotatable bonds is 7. The topological polar surface area (TPSA) is 62.1 Å². The molecule has 1 N–H and O–H groups in total. The smallest absolute Gasteiger partial charge is 0.266 e. The minimum Gasteiger partial charge on any atom is -0.494 e. The Hall–Kier alpha value is -3.07. The first-order valence-corrected chi connectivity index (χ1v) is 11.3. The number of hydrogen-bond donors (Lipinski definition) is 1. The molecule has 162 valence electrons. The van der Waals surface area contributed by atoms with Gasteiger partial charge in [0.1, 0.15) is 17.4 Å². The number of anilines is 1. The van der Waals surface area contributed by atoms with Crippen molar-refractivity contribution in [3.8, 4) is 11.8 Å². The van der Waals surface area contributed by atoms with E-state index in [9.17, 15) is 10.1 Å². The monoisotopic (exact) mass is 508 g/mol. The Labute approximate surface area is 201 Å². The predicted octanol–water partition coefficient (Wildman–Crippen LogP) is 6.95. The number of para-hydroxylation sites is 1. The number of nitrogens with zero attached hydrogens (tertiary/aromatic N) is 1. The number of hydrogen-bond acceptors (Lipinski definition) is 3.